The maximum Gasteiger partial charge on any atom is 0.268 e. The molecule has 0 aliphatic carbocycles. The number of hydrogen-bond donors (Lipinski definition) is 2. The van der Waals surface area contributed by atoms with Gasteiger partial charge in [-0.15, -0.1) is 0 Å². The van der Waals surface area contributed by atoms with Crippen molar-refractivity contribution < 1.29 is 14.3 Å². The van der Waals surface area contributed by atoms with Crippen LogP contribution in [0.3, 0.4) is 0 Å². The molecule has 0 bridgehead atoms. The third-order valence-corrected chi connectivity index (χ3v) is 3.53. The van der Waals surface area contributed by atoms with Gasteiger partial charge >= 0.3 is 0 Å². The van der Waals surface area contributed by atoms with Gasteiger partial charge in [-0.05, 0) is 32.5 Å². The molecule has 0 aromatic heterocycles. The summed E-state index contributed by atoms with van der Waals surface area (Å²) in [5.74, 6) is 0.249. The first kappa shape index (κ1) is 16.3. The molecule has 2 atom stereocenters. The Labute approximate surface area is 130 Å². The van der Waals surface area contributed by atoms with Crippen LogP contribution in [0.2, 0.25) is 0 Å². The van der Waals surface area contributed by atoms with Crippen molar-refractivity contribution in [3.05, 3.63) is 24.3 Å². The number of nitrogens with one attached hydrogen (secondary N) is 2. The molecule has 2 rings (SSSR count). The lowest BCUT2D eigenvalue weighted by atomic mass is 10.2. The largest absolute Gasteiger partial charge is 0.479 e. The highest BCUT2D eigenvalue weighted by Gasteiger charge is 2.32. The smallest absolute Gasteiger partial charge is 0.268 e. The van der Waals surface area contributed by atoms with Crippen LogP contribution in [0, 0.1) is 0 Å². The van der Waals surface area contributed by atoms with E-state index in [1.165, 1.54) is 4.90 Å². The van der Waals surface area contributed by atoms with E-state index in [4.69, 9.17) is 4.74 Å². The average molecular weight is 305 g/mol. The van der Waals surface area contributed by atoms with Crippen LogP contribution >= 0.6 is 0 Å². The molecule has 1 heterocycles. The number of hydrogen-bond acceptors (Lipinski definition) is 4. The first-order valence-corrected chi connectivity index (χ1v) is 7.60. The summed E-state index contributed by atoms with van der Waals surface area (Å²) in [5.41, 5.74) is 0.639. The number of anilines is 1. The molecule has 1 unspecified atom stereocenters. The molecule has 2 N–H and O–H groups in total. The fraction of sp³-hybridized carbons (Fsp3) is 0.500. The van der Waals surface area contributed by atoms with Gasteiger partial charge in [-0.3, -0.25) is 14.5 Å². The molecule has 6 nitrogen and oxygen atoms in total. The molecule has 0 saturated heterocycles. The van der Waals surface area contributed by atoms with E-state index in [2.05, 4.69) is 10.6 Å². The van der Waals surface area contributed by atoms with Crippen LogP contribution in [0.25, 0.3) is 0 Å². The van der Waals surface area contributed by atoms with Crippen molar-refractivity contribution in [3.8, 4) is 5.75 Å². The Hall–Kier alpha value is -2.08. The zero-order valence-electron chi connectivity index (χ0n) is 13.3. The van der Waals surface area contributed by atoms with Gasteiger partial charge in [0.25, 0.3) is 5.91 Å². The number of nitrogens with zero attached hydrogens (tertiary/aromatic N) is 1. The lowest BCUT2D eigenvalue weighted by molar-refractivity contribution is -0.128. The molecule has 2 amide bonds. The number of benzene rings is 1. The van der Waals surface area contributed by atoms with Gasteiger partial charge in [-0.2, -0.15) is 0 Å². The molecular formula is C16H23N3O3. The highest BCUT2D eigenvalue weighted by molar-refractivity contribution is 6.03. The van der Waals surface area contributed by atoms with Crippen LogP contribution in [0.1, 0.15) is 20.8 Å². The van der Waals surface area contributed by atoms with Crippen LogP contribution < -0.4 is 20.3 Å². The first-order valence-electron chi connectivity index (χ1n) is 7.60. The summed E-state index contributed by atoms with van der Waals surface area (Å²) in [6, 6.07) is 7.45. The predicted octanol–water partition coefficient (Wildman–Crippen LogP) is 0.915. The lowest BCUT2D eigenvalue weighted by Gasteiger charge is -2.32. The van der Waals surface area contributed by atoms with Gasteiger partial charge in [0.1, 0.15) is 12.3 Å². The van der Waals surface area contributed by atoms with Crippen molar-refractivity contribution in [2.24, 2.45) is 0 Å². The van der Waals surface area contributed by atoms with Gasteiger partial charge < -0.3 is 15.4 Å². The Balaban J connectivity index is 2.02. The average Bonchev–Trinajstić information content (AvgIpc) is 2.50. The van der Waals surface area contributed by atoms with Gasteiger partial charge in [0.2, 0.25) is 5.91 Å². The normalized spacial score (nSPS) is 18.4. The van der Waals surface area contributed by atoms with Crippen LogP contribution in [0.4, 0.5) is 5.69 Å². The van der Waals surface area contributed by atoms with E-state index in [9.17, 15) is 9.59 Å². The number of likely N-dealkylation sites (N-methyl/N-ethyl adjacent to an activating group) is 1. The molecule has 1 aliphatic heterocycles. The van der Waals surface area contributed by atoms with Gasteiger partial charge in [0, 0.05) is 12.6 Å². The molecule has 120 valence electrons. The molecule has 0 radical (unpaired) electrons. The molecular weight excluding hydrogens is 282 g/mol. The number of amides is 2. The second-order valence-electron chi connectivity index (χ2n) is 5.41. The SMILES string of the molecule is CCN[C@H](C)CNC(=O)CN1C(=O)C(C)Oc2ccccc21. The van der Waals surface area contributed by atoms with E-state index in [-0.39, 0.29) is 24.4 Å². The van der Waals surface area contributed by atoms with Crippen molar-refractivity contribution in [2.45, 2.75) is 32.9 Å². The zero-order valence-corrected chi connectivity index (χ0v) is 13.3. The van der Waals surface area contributed by atoms with Crippen molar-refractivity contribution in [1.82, 2.24) is 10.6 Å². The number of carbonyl (C=O) groups is 2. The minimum absolute atomic E-state index is 0.00237. The van der Waals surface area contributed by atoms with Crippen molar-refractivity contribution in [3.63, 3.8) is 0 Å². The highest BCUT2D eigenvalue weighted by Crippen LogP contribution is 2.33. The molecule has 1 aromatic carbocycles. The topological polar surface area (TPSA) is 70.7 Å². The van der Waals surface area contributed by atoms with E-state index in [0.29, 0.717) is 18.0 Å². The summed E-state index contributed by atoms with van der Waals surface area (Å²) in [7, 11) is 0. The van der Waals surface area contributed by atoms with Gasteiger partial charge in [-0.25, -0.2) is 0 Å². The molecule has 1 aromatic rings. The number of fused-ring (bicyclic) bond motifs is 1. The summed E-state index contributed by atoms with van der Waals surface area (Å²) in [4.78, 5) is 25.9. The maximum atomic E-state index is 12.3. The van der Waals surface area contributed by atoms with E-state index in [0.717, 1.165) is 6.54 Å². The van der Waals surface area contributed by atoms with E-state index in [1.54, 1.807) is 19.1 Å². The Kier molecular flexibility index (Phi) is 5.38. The minimum Gasteiger partial charge on any atom is -0.479 e. The van der Waals surface area contributed by atoms with E-state index >= 15 is 0 Å². The summed E-state index contributed by atoms with van der Waals surface area (Å²) in [6.07, 6.45) is -0.580. The number of carbonyl (C=O) groups excluding carboxylic acids is 2. The van der Waals surface area contributed by atoms with E-state index in [1.807, 2.05) is 26.0 Å². The Bertz CT molecular complexity index is 547. The summed E-state index contributed by atoms with van der Waals surface area (Å²) in [6.45, 7) is 7.09. The zero-order chi connectivity index (χ0) is 16.1. The Morgan fingerprint density at radius 2 is 2.14 bits per heavy atom. The molecule has 0 spiro atoms. The fourth-order valence-electron chi connectivity index (χ4n) is 2.41. The minimum atomic E-state index is -0.580. The van der Waals surface area contributed by atoms with Crippen LogP contribution in [0.15, 0.2) is 24.3 Å². The summed E-state index contributed by atoms with van der Waals surface area (Å²) in [5, 5.41) is 6.07. The first-order chi connectivity index (χ1) is 10.5. The van der Waals surface area contributed by atoms with Gasteiger partial charge in [0.15, 0.2) is 6.10 Å². The molecule has 22 heavy (non-hydrogen) atoms. The summed E-state index contributed by atoms with van der Waals surface area (Å²) < 4.78 is 5.55. The van der Waals surface area contributed by atoms with Crippen LogP contribution in [-0.4, -0.2) is 43.6 Å². The maximum absolute atomic E-state index is 12.3. The van der Waals surface area contributed by atoms with Crippen LogP contribution in [0.5, 0.6) is 5.75 Å². The second-order valence-corrected chi connectivity index (χ2v) is 5.41. The summed E-state index contributed by atoms with van der Waals surface area (Å²) >= 11 is 0. The van der Waals surface area contributed by atoms with Crippen molar-refractivity contribution >= 4 is 17.5 Å². The number of ether oxygens (including phenoxy) is 1. The second kappa shape index (κ2) is 7.26. The predicted molar refractivity (Wildman–Crippen MR) is 85.0 cm³/mol. The molecule has 6 heteroatoms. The molecule has 0 fully saturated rings. The quantitative estimate of drug-likeness (QED) is 0.820. The monoisotopic (exact) mass is 305 g/mol. The third-order valence-electron chi connectivity index (χ3n) is 3.53. The number of para-hydroxylation sites is 2. The highest BCUT2D eigenvalue weighted by atomic mass is 16.5. The Morgan fingerprint density at radius 1 is 1.41 bits per heavy atom. The van der Waals surface area contributed by atoms with E-state index < -0.39 is 6.10 Å². The van der Waals surface area contributed by atoms with Crippen LogP contribution in [-0.2, 0) is 9.59 Å². The third kappa shape index (κ3) is 3.76. The fourth-order valence-corrected chi connectivity index (χ4v) is 2.41. The Morgan fingerprint density at radius 3 is 2.86 bits per heavy atom. The number of rotatable bonds is 6. The van der Waals surface area contributed by atoms with Crippen molar-refractivity contribution in [2.75, 3.05) is 24.5 Å². The molecule has 0 saturated carbocycles. The molecule has 1 aliphatic rings. The van der Waals surface area contributed by atoms with Gasteiger partial charge in [-0.1, -0.05) is 19.1 Å². The van der Waals surface area contributed by atoms with Gasteiger partial charge in [0.05, 0.1) is 5.69 Å². The lowest BCUT2D eigenvalue weighted by Crippen LogP contribution is -2.50. The van der Waals surface area contributed by atoms with Crippen molar-refractivity contribution in [1.29, 1.82) is 0 Å². The standard InChI is InChI=1S/C16H23N3O3/c1-4-17-11(2)9-18-15(20)10-19-13-7-5-6-8-14(13)22-12(3)16(19)21/h5-8,11-12,17H,4,9-10H2,1-3H3,(H,18,20)/t11-,12?/m1/s1.